The summed E-state index contributed by atoms with van der Waals surface area (Å²) >= 11 is 0. The highest BCUT2D eigenvalue weighted by molar-refractivity contribution is 7.89. The van der Waals surface area contributed by atoms with E-state index in [1.807, 2.05) is 37.3 Å². The Hall–Kier alpha value is -2.34. The molecule has 0 aromatic heterocycles. The quantitative estimate of drug-likeness (QED) is 0.442. The summed E-state index contributed by atoms with van der Waals surface area (Å²) in [5.74, 6) is 0.745. The van der Waals surface area contributed by atoms with Crippen molar-refractivity contribution >= 4 is 16.2 Å². The van der Waals surface area contributed by atoms with Crippen molar-refractivity contribution in [3.05, 3.63) is 59.2 Å². The number of nitrogens with one attached hydrogen (secondary N) is 1. The predicted molar refractivity (Wildman–Crippen MR) is 101 cm³/mol. The van der Waals surface area contributed by atoms with Gasteiger partial charge in [0.05, 0.1) is 17.7 Å². The van der Waals surface area contributed by atoms with Crippen LogP contribution in [0.1, 0.15) is 36.5 Å². The maximum Gasteiger partial charge on any atom is 0.276 e. The molecule has 0 aliphatic heterocycles. The van der Waals surface area contributed by atoms with E-state index >= 15 is 0 Å². The van der Waals surface area contributed by atoms with Crippen molar-refractivity contribution in [3.63, 3.8) is 0 Å². The number of unbranched alkanes of at least 4 members (excludes halogenated alkanes) is 1. The Morgan fingerprint density at radius 2 is 1.96 bits per heavy atom. The van der Waals surface area contributed by atoms with Gasteiger partial charge in [0, 0.05) is 0 Å². The van der Waals surface area contributed by atoms with Gasteiger partial charge >= 0.3 is 0 Å². The summed E-state index contributed by atoms with van der Waals surface area (Å²) in [6.45, 7) is 6.46. The zero-order valence-corrected chi connectivity index (χ0v) is 15.6. The van der Waals surface area contributed by atoms with Crippen molar-refractivity contribution in [3.8, 4) is 5.75 Å². The molecule has 25 heavy (non-hydrogen) atoms. The lowest BCUT2D eigenvalue weighted by atomic mass is 10.2. The van der Waals surface area contributed by atoms with Crippen LogP contribution in [-0.4, -0.2) is 21.2 Å². The molecule has 0 heterocycles. The minimum atomic E-state index is -3.68. The van der Waals surface area contributed by atoms with Crippen LogP contribution in [0, 0.1) is 13.8 Å². The Morgan fingerprint density at radius 1 is 1.16 bits per heavy atom. The van der Waals surface area contributed by atoms with Crippen molar-refractivity contribution < 1.29 is 13.2 Å². The number of aryl methyl sites for hydroxylation is 2. The summed E-state index contributed by atoms with van der Waals surface area (Å²) in [6, 6.07) is 12.6. The molecular formula is C19H24N2O3S. The van der Waals surface area contributed by atoms with Crippen molar-refractivity contribution in [1.82, 2.24) is 4.83 Å². The van der Waals surface area contributed by atoms with E-state index in [-0.39, 0.29) is 4.90 Å². The Balaban J connectivity index is 2.05. The molecule has 0 aliphatic rings. The first-order valence-corrected chi connectivity index (χ1v) is 9.75. The Kier molecular flexibility index (Phi) is 6.58. The van der Waals surface area contributed by atoms with E-state index in [4.69, 9.17) is 4.74 Å². The molecule has 0 radical (unpaired) electrons. The highest BCUT2D eigenvalue weighted by Gasteiger charge is 2.15. The lowest BCUT2D eigenvalue weighted by Crippen LogP contribution is -2.19. The fraction of sp³-hybridized carbons (Fsp3) is 0.316. The summed E-state index contributed by atoms with van der Waals surface area (Å²) < 4.78 is 30.3. The van der Waals surface area contributed by atoms with E-state index in [1.165, 1.54) is 6.21 Å². The van der Waals surface area contributed by atoms with Crippen LogP contribution in [0.3, 0.4) is 0 Å². The van der Waals surface area contributed by atoms with Gasteiger partial charge in [0.25, 0.3) is 10.0 Å². The SMILES string of the molecule is CCCCOc1cccc(/C=N/NS(=O)(=O)c2ccc(C)cc2C)c1. The van der Waals surface area contributed by atoms with E-state index in [1.54, 1.807) is 19.1 Å². The van der Waals surface area contributed by atoms with Crippen LogP contribution in [0.5, 0.6) is 5.75 Å². The van der Waals surface area contributed by atoms with Gasteiger partial charge in [-0.2, -0.15) is 13.5 Å². The maximum atomic E-state index is 12.3. The molecule has 0 fully saturated rings. The van der Waals surface area contributed by atoms with Crippen LogP contribution in [0.25, 0.3) is 0 Å². The number of benzene rings is 2. The topological polar surface area (TPSA) is 67.8 Å². The zero-order valence-electron chi connectivity index (χ0n) is 14.8. The summed E-state index contributed by atoms with van der Waals surface area (Å²) in [7, 11) is -3.68. The lowest BCUT2D eigenvalue weighted by Gasteiger charge is -2.08. The average Bonchev–Trinajstić information content (AvgIpc) is 2.55. The van der Waals surface area contributed by atoms with E-state index in [2.05, 4.69) is 16.9 Å². The maximum absolute atomic E-state index is 12.3. The Morgan fingerprint density at radius 3 is 2.68 bits per heavy atom. The van der Waals surface area contributed by atoms with E-state index < -0.39 is 10.0 Å². The molecule has 1 N–H and O–H groups in total. The van der Waals surface area contributed by atoms with Crippen LogP contribution in [0.2, 0.25) is 0 Å². The standard InChI is InChI=1S/C19H24N2O3S/c1-4-5-11-24-18-8-6-7-17(13-18)14-20-21-25(22,23)19-10-9-15(2)12-16(19)3/h6-10,12-14,21H,4-5,11H2,1-3H3/b20-14+. The van der Waals surface area contributed by atoms with Gasteiger partial charge in [-0.05, 0) is 49.6 Å². The number of hydrazone groups is 1. The second-order valence-electron chi connectivity index (χ2n) is 5.90. The average molecular weight is 360 g/mol. The zero-order chi connectivity index (χ0) is 18.3. The van der Waals surface area contributed by atoms with E-state index in [9.17, 15) is 8.42 Å². The van der Waals surface area contributed by atoms with Crippen LogP contribution >= 0.6 is 0 Å². The minimum absolute atomic E-state index is 0.229. The summed E-state index contributed by atoms with van der Waals surface area (Å²) in [5.41, 5.74) is 2.46. The predicted octanol–water partition coefficient (Wildman–Crippen LogP) is 3.79. The van der Waals surface area contributed by atoms with Gasteiger partial charge < -0.3 is 4.74 Å². The van der Waals surface area contributed by atoms with Gasteiger partial charge in [-0.25, -0.2) is 4.83 Å². The van der Waals surface area contributed by atoms with Crippen molar-refractivity contribution in [2.45, 2.75) is 38.5 Å². The largest absolute Gasteiger partial charge is 0.494 e. The summed E-state index contributed by atoms with van der Waals surface area (Å²) in [4.78, 5) is 2.49. The number of sulfonamides is 1. The van der Waals surface area contributed by atoms with Crippen molar-refractivity contribution in [2.24, 2.45) is 5.10 Å². The van der Waals surface area contributed by atoms with Gasteiger partial charge in [-0.15, -0.1) is 0 Å². The third-order valence-corrected chi connectivity index (χ3v) is 5.01. The van der Waals surface area contributed by atoms with Crippen molar-refractivity contribution in [1.29, 1.82) is 0 Å². The molecule has 0 atom stereocenters. The first-order chi connectivity index (χ1) is 11.9. The first-order valence-electron chi connectivity index (χ1n) is 8.27. The summed E-state index contributed by atoms with van der Waals surface area (Å²) in [5, 5.41) is 3.87. The monoisotopic (exact) mass is 360 g/mol. The van der Waals surface area contributed by atoms with Crippen LogP contribution in [0.15, 0.2) is 52.5 Å². The Bertz CT molecular complexity index is 845. The van der Waals surface area contributed by atoms with Crippen molar-refractivity contribution in [2.75, 3.05) is 6.61 Å². The summed E-state index contributed by atoms with van der Waals surface area (Å²) in [6.07, 6.45) is 3.53. The molecule has 6 heteroatoms. The molecule has 0 bridgehead atoms. The Labute approximate surface area is 149 Å². The molecule has 2 aromatic carbocycles. The first kappa shape index (κ1) is 19.0. The number of hydrogen-bond acceptors (Lipinski definition) is 4. The number of hydrogen-bond donors (Lipinski definition) is 1. The third kappa shape index (κ3) is 5.60. The third-order valence-electron chi connectivity index (χ3n) is 3.63. The molecule has 2 rings (SSSR count). The van der Waals surface area contributed by atoms with E-state index in [0.29, 0.717) is 12.2 Å². The molecule has 0 saturated heterocycles. The minimum Gasteiger partial charge on any atom is -0.494 e. The number of rotatable bonds is 8. The van der Waals surface area contributed by atoms with Gasteiger partial charge in [-0.3, -0.25) is 0 Å². The van der Waals surface area contributed by atoms with Gasteiger partial charge in [0.15, 0.2) is 0 Å². The second kappa shape index (κ2) is 8.67. The van der Waals surface area contributed by atoms with Crippen LogP contribution in [0.4, 0.5) is 0 Å². The van der Waals surface area contributed by atoms with Gasteiger partial charge in [0.1, 0.15) is 5.75 Å². The van der Waals surface area contributed by atoms with Crippen LogP contribution < -0.4 is 9.57 Å². The molecule has 5 nitrogen and oxygen atoms in total. The molecule has 0 saturated carbocycles. The highest BCUT2D eigenvalue weighted by atomic mass is 32.2. The fourth-order valence-corrected chi connectivity index (χ4v) is 3.36. The van der Waals surface area contributed by atoms with Gasteiger partial charge in [0.2, 0.25) is 0 Å². The lowest BCUT2D eigenvalue weighted by molar-refractivity contribution is 0.309. The molecule has 0 amide bonds. The molecule has 2 aromatic rings. The highest BCUT2D eigenvalue weighted by Crippen LogP contribution is 2.16. The molecule has 0 spiro atoms. The number of nitrogens with zero attached hydrogens (tertiary/aromatic N) is 1. The normalized spacial score (nSPS) is 11.6. The van der Waals surface area contributed by atoms with E-state index in [0.717, 1.165) is 29.7 Å². The fourth-order valence-electron chi connectivity index (χ4n) is 2.34. The smallest absolute Gasteiger partial charge is 0.276 e. The van der Waals surface area contributed by atoms with Crippen LogP contribution in [-0.2, 0) is 10.0 Å². The number of ether oxygens (including phenoxy) is 1. The molecule has 134 valence electrons. The second-order valence-corrected chi connectivity index (χ2v) is 7.53. The van der Waals surface area contributed by atoms with Gasteiger partial charge in [-0.1, -0.05) is 43.2 Å². The molecule has 0 unspecified atom stereocenters. The molecule has 0 aliphatic carbocycles. The molecular weight excluding hydrogens is 336 g/mol.